The first-order valence-corrected chi connectivity index (χ1v) is 5.73. The molecule has 0 aliphatic heterocycles. The van der Waals surface area contributed by atoms with E-state index in [1.165, 1.54) is 0 Å². The second-order valence-electron chi connectivity index (χ2n) is 3.98. The van der Waals surface area contributed by atoms with Crippen LogP contribution in [0.3, 0.4) is 0 Å². The number of nitrogens with two attached hydrogens (primary N) is 1. The average molecular weight is 275 g/mol. The molecule has 0 amide bonds. The molecule has 9 nitrogen and oxygen atoms in total. The van der Waals surface area contributed by atoms with Gasteiger partial charge >= 0.3 is 5.69 Å². The van der Waals surface area contributed by atoms with Crippen LogP contribution in [0, 0.1) is 17.0 Å². The molecule has 0 unspecified atom stereocenters. The van der Waals surface area contributed by atoms with Gasteiger partial charge in [-0.1, -0.05) is 0 Å². The van der Waals surface area contributed by atoms with E-state index in [0.717, 1.165) is 17.3 Å². The number of hydrogen-bond acceptors (Lipinski definition) is 8. The second kappa shape index (κ2) is 5.89. The number of aromatic nitrogens is 3. The van der Waals surface area contributed by atoms with Gasteiger partial charge in [0.1, 0.15) is 6.20 Å². The van der Waals surface area contributed by atoms with E-state index in [1.807, 2.05) is 13.0 Å². The van der Waals surface area contributed by atoms with Crippen LogP contribution in [0.4, 0.5) is 17.5 Å². The van der Waals surface area contributed by atoms with Crippen molar-refractivity contribution in [2.45, 2.75) is 13.5 Å². The zero-order chi connectivity index (χ0) is 14.5. The lowest BCUT2D eigenvalue weighted by Gasteiger charge is -2.08. The standard InChI is InChI=1S/C11H13N7O2/c1-7-2-3-13-4-8(7)5-14-10-9(18(19)20)6-15-11(16-10)17-12/h2-4,6H,5,12H2,1H3,(H2,14,15,16,17). The molecule has 0 aromatic carbocycles. The lowest BCUT2D eigenvalue weighted by molar-refractivity contribution is -0.384. The van der Waals surface area contributed by atoms with Crippen LogP contribution in [0.25, 0.3) is 0 Å². The van der Waals surface area contributed by atoms with Crippen molar-refractivity contribution < 1.29 is 4.92 Å². The summed E-state index contributed by atoms with van der Waals surface area (Å²) in [6.45, 7) is 2.29. The maximum Gasteiger partial charge on any atom is 0.329 e. The number of rotatable bonds is 5. The molecule has 0 aliphatic rings. The van der Waals surface area contributed by atoms with Gasteiger partial charge in [0.2, 0.25) is 11.8 Å². The van der Waals surface area contributed by atoms with Crippen LogP contribution >= 0.6 is 0 Å². The predicted octanol–water partition coefficient (Wildman–Crippen LogP) is 0.986. The van der Waals surface area contributed by atoms with Gasteiger partial charge in [-0.25, -0.2) is 10.8 Å². The topological polar surface area (TPSA) is 132 Å². The highest BCUT2D eigenvalue weighted by atomic mass is 16.6. The Bertz CT molecular complexity index is 632. The van der Waals surface area contributed by atoms with E-state index in [2.05, 4.69) is 25.7 Å². The highest BCUT2D eigenvalue weighted by Crippen LogP contribution is 2.22. The van der Waals surface area contributed by atoms with E-state index in [4.69, 9.17) is 5.84 Å². The van der Waals surface area contributed by atoms with E-state index in [9.17, 15) is 10.1 Å². The van der Waals surface area contributed by atoms with Gasteiger partial charge in [0, 0.05) is 18.9 Å². The minimum absolute atomic E-state index is 0.0982. The third-order valence-corrected chi connectivity index (χ3v) is 2.69. The van der Waals surface area contributed by atoms with Crippen LogP contribution in [0.5, 0.6) is 0 Å². The van der Waals surface area contributed by atoms with Crippen molar-refractivity contribution in [3.8, 4) is 0 Å². The molecule has 9 heteroatoms. The smallest absolute Gasteiger partial charge is 0.329 e. The van der Waals surface area contributed by atoms with Gasteiger partial charge in [0.25, 0.3) is 0 Å². The fourth-order valence-corrected chi connectivity index (χ4v) is 1.57. The van der Waals surface area contributed by atoms with Crippen molar-refractivity contribution >= 4 is 17.5 Å². The van der Waals surface area contributed by atoms with Gasteiger partial charge in [-0.2, -0.15) is 4.98 Å². The molecule has 2 aromatic rings. The molecule has 0 spiro atoms. The van der Waals surface area contributed by atoms with Gasteiger partial charge < -0.3 is 5.32 Å². The zero-order valence-corrected chi connectivity index (χ0v) is 10.7. The first-order chi connectivity index (χ1) is 9.61. The Morgan fingerprint density at radius 1 is 1.45 bits per heavy atom. The largest absolute Gasteiger partial charge is 0.360 e. The number of pyridine rings is 1. The first kappa shape index (κ1) is 13.6. The molecule has 0 saturated heterocycles. The van der Waals surface area contributed by atoms with E-state index >= 15 is 0 Å². The summed E-state index contributed by atoms with van der Waals surface area (Å²) >= 11 is 0. The summed E-state index contributed by atoms with van der Waals surface area (Å²) in [4.78, 5) is 22.0. The van der Waals surface area contributed by atoms with Gasteiger partial charge in [-0.15, -0.1) is 0 Å². The molecule has 2 aromatic heterocycles. The van der Waals surface area contributed by atoms with Crippen LogP contribution in [-0.4, -0.2) is 19.9 Å². The Hall–Kier alpha value is -2.81. The van der Waals surface area contributed by atoms with Crippen molar-refractivity contribution in [2.75, 3.05) is 10.7 Å². The number of aryl methyl sites for hydroxylation is 1. The summed E-state index contributed by atoms with van der Waals surface area (Å²) in [5.41, 5.74) is 3.98. The normalized spacial score (nSPS) is 10.1. The molecule has 2 rings (SSSR count). The van der Waals surface area contributed by atoms with Crippen molar-refractivity contribution in [1.82, 2.24) is 15.0 Å². The van der Waals surface area contributed by atoms with Crippen molar-refractivity contribution in [3.63, 3.8) is 0 Å². The van der Waals surface area contributed by atoms with Crippen molar-refractivity contribution in [3.05, 3.63) is 45.9 Å². The quantitative estimate of drug-likeness (QED) is 0.418. The Morgan fingerprint density at radius 3 is 2.90 bits per heavy atom. The Kier molecular flexibility index (Phi) is 4.01. The second-order valence-corrected chi connectivity index (χ2v) is 3.98. The molecule has 20 heavy (non-hydrogen) atoms. The van der Waals surface area contributed by atoms with Crippen molar-refractivity contribution in [1.29, 1.82) is 0 Å². The molecule has 0 atom stereocenters. The average Bonchev–Trinajstić information content (AvgIpc) is 2.46. The highest BCUT2D eigenvalue weighted by molar-refractivity contribution is 5.57. The Labute approximate surface area is 114 Å². The lowest BCUT2D eigenvalue weighted by atomic mass is 10.1. The number of hydrazine groups is 1. The summed E-state index contributed by atoms with van der Waals surface area (Å²) in [6, 6.07) is 1.86. The summed E-state index contributed by atoms with van der Waals surface area (Å²) in [5.74, 6) is 5.39. The van der Waals surface area contributed by atoms with E-state index < -0.39 is 4.92 Å². The predicted molar refractivity (Wildman–Crippen MR) is 72.8 cm³/mol. The molecule has 0 aliphatic carbocycles. The SMILES string of the molecule is Cc1ccncc1CNc1nc(NN)ncc1[N+](=O)[O-]. The molecule has 0 saturated carbocycles. The molecular formula is C11H13N7O2. The number of hydrogen-bond donors (Lipinski definition) is 3. The minimum atomic E-state index is -0.557. The van der Waals surface area contributed by atoms with Gasteiger partial charge in [0.05, 0.1) is 4.92 Å². The van der Waals surface area contributed by atoms with Gasteiger partial charge in [-0.3, -0.25) is 20.5 Å². The molecule has 0 bridgehead atoms. The summed E-state index contributed by atoms with van der Waals surface area (Å²) < 4.78 is 0. The molecule has 0 radical (unpaired) electrons. The third kappa shape index (κ3) is 2.95. The summed E-state index contributed by atoms with van der Waals surface area (Å²) in [7, 11) is 0. The number of nitrogens with zero attached hydrogens (tertiary/aromatic N) is 4. The maximum absolute atomic E-state index is 10.9. The Morgan fingerprint density at radius 2 is 2.25 bits per heavy atom. The Balaban J connectivity index is 2.24. The molecule has 2 heterocycles. The zero-order valence-electron chi connectivity index (χ0n) is 10.7. The van der Waals surface area contributed by atoms with Crippen LogP contribution in [0.2, 0.25) is 0 Å². The van der Waals surface area contributed by atoms with E-state index in [1.54, 1.807) is 12.4 Å². The van der Waals surface area contributed by atoms with Crippen LogP contribution < -0.4 is 16.6 Å². The summed E-state index contributed by atoms with van der Waals surface area (Å²) in [5, 5.41) is 13.8. The lowest BCUT2D eigenvalue weighted by Crippen LogP contribution is -2.13. The van der Waals surface area contributed by atoms with Crippen LogP contribution in [0.1, 0.15) is 11.1 Å². The molecule has 4 N–H and O–H groups in total. The van der Waals surface area contributed by atoms with Crippen molar-refractivity contribution in [2.24, 2.45) is 5.84 Å². The first-order valence-electron chi connectivity index (χ1n) is 5.73. The minimum Gasteiger partial charge on any atom is -0.360 e. The molecule has 104 valence electrons. The fourth-order valence-electron chi connectivity index (χ4n) is 1.57. The monoisotopic (exact) mass is 275 g/mol. The number of nitrogen functional groups attached to an aromatic ring is 1. The number of nitro groups is 1. The summed E-state index contributed by atoms with van der Waals surface area (Å²) in [6.07, 6.45) is 4.47. The van der Waals surface area contributed by atoms with Crippen LogP contribution in [-0.2, 0) is 6.54 Å². The number of nitrogens with one attached hydrogen (secondary N) is 2. The van der Waals surface area contributed by atoms with Crippen LogP contribution in [0.15, 0.2) is 24.7 Å². The highest BCUT2D eigenvalue weighted by Gasteiger charge is 2.17. The molecule has 0 fully saturated rings. The number of anilines is 2. The van der Waals surface area contributed by atoms with Gasteiger partial charge in [0.15, 0.2) is 0 Å². The van der Waals surface area contributed by atoms with E-state index in [0.29, 0.717) is 6.54 Å². The van der Waals surface area contributed by atoms with E-state index in [-0.39, 0.29) is 17.5 Å². The molecular weight excluding hydrogens is 262 g/mol. The third-order valence-electron chi connectivity index (χ3n) is 2.69. The van der Waals surface area contributed by atoms with Gasteiger partial charge in [-0.05, 0) is 24.1 Å². The fraction of sp³-hybridized carbons (Fsp3) is 0.182. The maximum atomic E-state index is 10.9.